The Bertz CT molecular complexity index is 606. The van der Waals surface area contributed by atoms with Gasteiger partial charge in [0.2, 0.25) is 0 Å². The minimum atomic E-state index is 0.483. The second-order valence-corrected chi connectivity index (χ2v) is 5.94. The predicted molar refractivity (Wildman–Crippen MR) is 85.4 cm³/mol. The summed E-state index contributed by atoms with van der Waals surface area (Å²) in [6.07, 6.45) is 0. The standard InChI is InChI=1S/C16H27N5/c1-7-20-15(8-12(4)18-20)10-21-14(6)16(13(5)19-21)9-17-11(2)3/h8,11,17H,7,9-10H2,1-6H3. The molecule has 2 aromatic rings. The van der Waals surface area contributed by atoms with E-state index in [4.69, 9.17) is 5.10 Å². The zero-order chi connectivity index (χ0) is 15.6. The van der Waals surface area contributed by atoms with Crippen LogP contribution in [-0.4, -0.2) is 25.6 Å². The highest BCUT2D eigenvalue weighted by Crippen LogP contribution is 2.15. The van der Waals surface area contributed by atoms with Gasteiger partial charge in [-0.15, -0.1) is 0 Å². The number of nitrogens with zero attached hydrogens (tertiary/aromatic N) is 4. The van der Waals surface area contributed by atoms with Crippen LogP contribution < -0.4 is 5.32 Å². The molecule has 0 saturated carbocycles. The zero-order valence-electron chi connectivity index (χ0n) is 14.1. The summed E-state index contributed by atoms with van der Waals surface area (Å²) in [6, 6.07) is 2.63. The second kappa shape index (κ2) is 6.43. The molecule has 2 heterocycles. The number of hydrogen-bond donors (Lipinski definition) is 1. The Kier molecular flexibility index (Phi) is 4.83. The molecular weight excluding hydrogens is 262 g/mol. The van der Waals surface area contributed by atoms with Crippen molar-refractivity contribution in [1.29, 1.82) is 0 Å². The maximum atomic E-state index is 4.70. The summed E-state index contributed by atoms with van der Waals surface area (Å²) in [5, 5.41) is 12.7. The van der Waals surface area contributed by atoms with Crippen LogP contribution in [0.5, 0.6) is 0 Å². The van der Waals surface area contributed by atoms with Crippen molar-refractivity contribution < 1.29 is 0 Å². The van der Waals surface area contributed by atoms with E-state index in [0.29, 0.717) is 6.04 Å². The summed E-state index contributed by atoms with van der Waals surface area (Å²) in [6.45, 7) is 15.3. The first-order valence-electron chi connectivity index (χ1n) is 7.72. The molecule has 21 heavy (non-hydrogen) atoms. The largest absolute Gasteiger partial charge is 0.310 e. The lowest BCUT2D eigenvalue weighted by molar-refractivity contribution is 0.564. The summed E-state index contributed by atoms with van der Waals surface area (Å²) < 4.78 is 4.15. The fourth-order valence-corrected chi connectivity index (χ4v) is 2.60. The Labute approximate surface area is 127 Å². The average Bonchev–Trinajstić information content (AvgIpc) is 2.89. The molecule has 1 N–H and O–H groups in total. The molecule has 2 aromatic heterocycles. The van der Waals surface area contributed by atoms with Gasteiger partial charge in [-0.3, -0.25) is 9.36 Å². The third-order valence-electron chi connectivity index (χ3n) is 3.82. The van der Waals surface area contributed by atoms with E-state index >= 15 is 0 Å². The van der Waals surface area contributed by atoms with Gasteiger partial charge >= 0.3 is 0 Å². The number of aryl methyl sites for hydroxylation is 3. The highest BCUT2D eigenvalue weighted by molar-refractivity contribution is 5.25. The van der Waals surface area contributed by atoms with Crippen molar-refractivity contribution in [1.82, 2.24) is 24.9 Å². The molecule has 0 amide bonds. The molecule has 0 aliphatic heterocycles. The van der Waals surface area contributed by atoms with Gasteiger partial charge < -0.3 is 5.32 Å². The quantitative estimate of drug-likeness (QED) is 0.889. The van der Waals surface area contributed by atoms with Crippen LogP contribution in [0.2, 0.25) is 0 Å². The van der Waals surface area contributed by atoms with Gasteiger partial charge in [0.05, 0.1) is 23.6 Å². The lowest BCUT2D eigenvalue weighted by atomic mass is 10.2. The topological polar surface area (TPSA) is 47.7 Å². The Hall–Kier alpha value is -1.62. The molecule has 0 radical (unpaired) electrons. The number of nitrogens with one attached hydrogen (secondary N) is 1. The molecule has 0 bridgehead atoms. The Morgan fingerprint density at radius 3 is 2.48 bits per heavy atom. The van der Waals surface area contributed by atoms with Crippen LogP contribution in [0.25, 0.3) is 0 Å². The number of rotatable bonds is 6. The predicted octanol–water partition coefficient (Wildman–Crippen LogP) is 2.57. The third kappa shape index (κ3) is 3.53. The highest BCUT2D eigenvalue weighted by Gasteiger charge is 2.13. The molecule has 5 heteroatoms. The first-order chi connectivity index (χ1) is 9.92. The highest BCUT2D eigenvalue weighted by atomic mass is 15.3. The minimum Gasteiger partial charge on any atom is -0.310 e. The summed E-state index contributed by atoms with van der Waals surface area (Å²) in [5.41, 5.74) is 5.93. The van der Waals surface area contributed by atoms with Crippen molar-refractivity contribution in [3.8, 4) is 0 Å². The molecule has 5 nitrogen and oxygen atoms in total. The molecule has 0 unspecified atom stereocenters. The van der Waals surface area contributed by atoms with Crippen molar-refractivity contribution in [2.75, 3.05) is 0 Å². The smallest absolute Gasteiger partial charge is 0.0831 e. The molecule has 116 valence electrons. The Morgan fingerprint density at radius 1 is 1.14 bits per heavy atom. The minimum absolute atomic E-state index is 0.483. The fourth-order valence-electron chi connectivity index (χ4n) is 2.60. The maximum absolute atomic E-state index is 4.70. The summed E-state index contributed by atoms with van der Waals surface area (Å²) >= 11 is 0. The Morgan fingerprint density at radius 2 is 1.86 bits per heavy atom. The van der Waals surface area contributed by atoms with E-state index in [2.05, 4.69) is 60.5 Å². The van der Waals surface area contributed by atoms with E-state index < -0.39 is 0 Å². The summed E-state index contributed by atoms with van der Waals surface area (Å²) in [5.74, 6) is 0. The summed E-state index contributed by atoms with van der Waals surface area (Å²) in [4.78, 5) is 0. The van der Waals surface area contributed by atoms with E-state index in [-0.39, 0.29) is 0 Å². The number of hydrogen-bond acceptors (Lipinski definition) is 3. The van der Waals surface area contributed by atoms with Crippen LogP contribution in [0, 0.1) is 20.8 Å². The van der Waals surface area contributed by atoms with E-state index in [1.54, 1.807) is 0 Å². The first-order valence-corrected chi connectivity index (χ1v) is 7.72. The van der Waals surface area contributed by atoms with Gasteiger partial charge in [0, 0.05) is 30.4 Å². The molecular formula is C16H27N5. The lowest BCUT2D eigenvalue weighted by Crippen LogP contribution is -2.22. The van der Waals surface area contributed by atoms with Crippen LogP contribution in [0.3, 0.4) is 0 Å². The summed E-state index contributed by atoms with van der Waals surface area (Å²) in [7, 11) is 0. The third-order valence-corrected chi connectivity index (χ3v) is 3.82. The van der Waals surface area contributed by atoms with E-state index in [1.807, 2.05) is 6.92 Å². The van der Waals surface area contributed by atoms with Gasteiger partial charge in [-0.1, -0.05) is 13.8 Å². The first kappa shape index (κ1) is 15.8. The molecule has 0 aromatic carbocycles. The molecule has 0 fully saturated rings. The van der Waals surface area contributed by atoms with E-state index in [9.17, 15) is 0 Å². The molecule has 0 atom stereocenters. The lowest BCUT2D eigenvalue weighted by Gasteiger charge is -2.09. The van der Waals surface area contributed by atoms with Gasteiger partial charge in [-0.05, 0) is 33.8 Å². The molecule has 0 aliphatic rings. The maximum Gasteiger partial charge on any atom is 0.0831 e. The average molecular weight is 289 g/mol. The normalized spacial score (nSPS) is 11.6. The van der Waals surface area contributed by atoms with E-state index in [1.165, 1.54) is 17.0 Å². The van der Waals surface area contributed by atoms with Gasteiger partial charge in [0.15, 0.2) is 0 Å². The molecule has 2 rings (SSSR count). The van der Waals surface area contributed by atoms with Crippen LogP contribution in [0.15, 0.2) is 6.07 Å². The number of aromatic nitrogens is 4. The van der Waals surface area contributed by atoms with Crippen LogP contribution >= 0.6 is 0 Å². The van der Waals surface area contributed by atoms with Gasteiger partial charge in [0.25, 0.3) is 0 Å². The van der Waals surface area contributed by atoms with Crippen molar-refractivity contribution in [3.63, 3.8) is 0 Å². The van der Waals surface area contributed by atoms with Crippen molar-refractivity contribution in [2.45, 2.75) is 67.2 Å². The van der Waals surface area contributed by atoms with Crippen molar-refractivity contribution >= 4 is 0 Å². The van der Waals surface area contributed by atoms with Gasteiger partial charge in [-0.2, -0.15) is 10.2 Å². The monoisotopic (exact) mass is 289 g/mol. The fraction of sp³-hybridized carbons (Fsp3) is 0.625. The van der Waals surface area contributed by atoms with Crippen molar-refractivity contribution in [2.24, 2.45) is 0 Å². The van der Waals surface area contributed by atoms with Gasteiger partial charge in [-0.25, -0.2) is 0 Å². The van der Waals surface area contributed by atoms with Crippen LogP contribution in [-0.2, 0) is 19.6 Å². The van der Waals surface area contributed by atoms with E-state index in [0.717, 1.165) is 31.0 Å². The second-order valence-electron chi connectivity index (χ2n) is 5.94. The zero-order valence-corrected chi connectivity index (χ0v) is 14.1. The molecule has 0 spiro atoms. The molecule has 0 saturated heterocycles. The molecule has 0 aliphatic carbocycles. The van der Waals surface area contributed by atoms with Crippen LogP contribution in [0.1, 0.15) is 49.1 Å². The Balaban J connectivity index is 2.22. The van der Waals surface area contributed by atoms with Crippen LogP contribution in [0.4, 0.5) is 0 Å². The SMILES string of the molecule is CCn1nc(C)cc1Cn1nc(C)c(CNC(C)C)c1C. The van der Waals surface area contributed by atoms with Crippen molar-refractivity contribution in [3.05, 3.63) is 34.4 Å². The van der Waals surface area contributed by atoms with Gasteiger partial charge in [0.1, 0.15) is 0 Å².